The van der Waals surface area contributed by atoms with Crippen LogP contribution in [0.4, 0.5) is 0 Å². The van der Waals surface area contributed by atoms with Crippen LogP contribution in [0.1, 0.15) is 10.4 Å². The third kappa shape index (κ3) is 5.52. The Hall–Kier alpha value is -4.05. The zero-order valence-electron chi connectivity index (χ0n) is 16.9. The smallest absolute Gasteiger partial charge is 0.347 e. The molecule has 0 bridgehead atoms. The first-order valence-corrected chi connectivity index (χ1v) is 10.1. The lowest BCUT2D eigenvalue weighted by atomic mass is 10.1. The fourth-order valence-electron chi connectivity index (χ4n) is 3.10. The van der Waals surface area contributed by atoms with E-state index in [0.29, 0.717) is 30.3 Å². The van der Waals surface area contributed by atoms with Crippen LogP contribution in [0.25, 0.3) is 11.1 Å². The van der Waals surface area contributed by atoms with E-state index in [1.165, 1.54) is 0 Å². The summed E-state index contributed by atoms with van der Waals surface area (Å²) in [6.45, 7) is 0.680. The Bertz CT molecular complexity index is 1110. The average molecular weight is 410 g/mol. The van der Waals surface area contributed by atoms with Crippen molar-refractivity contribution in [2.75, 3.05) is 13.2 Å². The maximum atomic E-state index is 12.7. The van der Waals surface area contributed by atoms with Crippen LogP contribution in [0.15, 0.2) is 109 Å². The molecule has 4 rings (SSSR count). The van der Waals surface area contributed by atoms with E-state index in [4.69, 9.17) is 14.2 Å². The molecular weight excluding hydrogens is 388 g/mol. The third-order valence-electron chi connectivity index (χ3n) is 4.63. The van der Waals surface area contributed by atoms with Gasteiger partial charge in [0.05, 0.1) is 0 Å². The SMILES string of the molecule is O=C(Oc1ccc(-c2ccccc2)cc1)c1ccccc1OCCOc1ccccc1. The second-order valence-electron chi connectivity index (χ2n) is 6.79. The van der Waals surface area contributed by atoms with Crippen molar-refractivity contribution in [3.8, 4) is 28.4 Å². The zero-order valence-corrected chi connectivity index (χ0v) is 16.9. The zero-order chi connectivity index (χ0) is 21.3. The maximum Gasteiger partial charge on any atom is 0.347 e. The van der Waals surface area contributed by atoms with Gasteiger partial charge in [-0.1, -0.05) is 72.8 Å². The van der Waals surface area contributed by atoms with E-state index >= 15 is 0 Å². The molecule has 0 atom stereocenters. The van der Waals surface area contributed by atoms with Gasteiger partial charge in [0.25, 0.3) is 0 Å². The van der Waals surface area contributed by atoms with E-state index in [-0.39, 0.29) is 0 Å². The molecule has 0 unspecified atom stereocenters. The molecule has 0 fully saturated rings. The number of carbonyl (C=O) groups is 1. The summed E-state index contributed by atoms with van der Waals surface area (Å²) in [6, 6.07) is 34.0. The molecule has 0 saturated heterocycles. The van der Waals surface area contributed by atoms with Crippen LogP contribution in [0.3, 0.4) is 0 Å². The highest BCUT2D eigenvalue weighted by Gasteiger charge is 2.15. The molecule has 0 N–H and O–H groups in total. The van der Waals surface area contributed by atoms with Crippen molar-refractivity contribution in [1.29, 1.82) is 0 Å². The predicted octanol–water partition coefficient (Wildman–Crippen LogP) is 6.03. The summed E-state index contributed by atoms with van der Waals surface area (Å²) in [5.41, 5.74) is 2.54. The lowest BCUT2D eigenvalue weighted by Crippen LogP contribution is -2.14. The minimum absolute atomic E-state index is 0.310. The summed E-state index contributed by atoms with van der Waals surface area (Å²) in [5.74, 6) is 1.25. The third-order valence-corrected chi connectivity index (χ3v) is 4.63. The Morgan fingerprint density at radius 3 is 1.87 bits per heavy atom. The lowest BCUT2D eigenvalue weighted by molar-refractivity contribution is 0.0729. The Balaban J connectivity index is 1.36. The van der Waals surface area contributed by atoms with Crippen molar-refractivity contribution in [3.05, 3.63) is 115 Å². The Kier molecular flexibility index (Phi) is 6.61. The molecule has 4 aromatic carbocycles. The van der Waals surface area contributed by atoms with Crippen LogP contribution in [-0.4, -0.2) is 19.2 Å². The molecule has 0 amide bonds. The van der Waals surface area contributed by atoms with Crippen LogP contribution in [-0.2, 0) is 0 Å². The van der Waals surface area contributed by atoms with Crippen molar-refractivity contribution >= 4 is 5.97 Å². The molecule has 154 valence electrons. The summed E-state index contributed by atoms with van der Waals surface area (Å²) in [5, 5.41) is 0. The highest BCUT2D eigenvalue weighted by Crippen LogP contribution is 2.24. The van der Waals surface area contributed by atoms with Gasteiger partial charge in [-0.3, -0.25) is 0 Å². The van der Waals surface area contributed by atoms with Gasteiger partial charge in [-0.25, -0.2) is 4.79 Å². The van der Waals surface area contributed by atoms with Crippen molar-refractivity contribution in [1.82, 2.24) is 0 Å². The van der Waals surface area contributed by atoms with Crippen molar-refractivity contribution in [2.24, 2.45) is 0 Å². The lowest BCUT2D eigenvalue weighted by Gasteiger charge is -2.12. The molecule has 0 aliphatic carbocycles. The number of rotatable bonds is 8. The van der Waals surface area contributed by atoms with Crippen LogP contribution in [0.5, 0.6) is 17.2 Å². The molecule has 4 aromatic rings. The number of hydrogen-bond donors (Lipinski definition) is 0. The van der Waals surface area contributed by atoms with E-state index in [1.807, 2.05) is 78.9 Å². The maximum absolute atomic E-state index is 12.7. The molecule has 0 radical (unpaired) electrons. The molecule has 4 heteroatoms. The second-order valence-corrected chi connectivity index (χ2v) is 6.79. The van der Waals surface area contributed by atoms with E-state index < -0.39 is 5.97 Å². The molecule has 0 aromatic heterocycles. The Labute approximate surface area is 181 Å². The van der Waals surface area contributed by atoms with Crippen molar-refractivity contribution < 1.29 is 19.0 Å². The molecule has 4 nitrogen and oxygen atoms in total. The van der Waals surface area contributed by atoms with Gasteiger partial charge in [0.1, 0.15) is 36.0 Å². The van der Waals surface area contributed by atoms with Gasteiger partial charge >= 0.3 is 5.97 Å². The number of ether oxygens (including phenoxy) is 3. The normalized spacial score (nSPS) is 10.3. The summed E-state index contributed by atoms with van der Waals surface area (Å²) in [6.07, 6.45) is 0. The van der Waals surface area contributed by atoms with Crippen molar-refractivity contribution in [2.45, 2.75) is 0 Å². The van der Waals surface area contributed by atoms with Crippen LogP contribution in [0, 0.1) is 0 Å². The van der Waals surface area contributed by atoms with Crippen LogP contribution < -0.4 is 14.2 Å². The minimum atomic E-state index is -0.466. The molecule has 31 heavy (non-hydrogen) atoms. The van der Waals surface area contributed by atoms with Crippen LogP contribution in [0.2, 0.25) is 0 Å². The van der Waals surface area contributed by atoms with Gasteiger partial charge in [-0.2, -0.15) is 0 Å². The quantitative estimate of drug-likeness (QED) is 0.202. The first-order valence-electron chi connectivity index (χ1n) is 10.1. The first-order chi connectivity index (χ1) is 15.3. The number of benzene rings is 4. The number of carbonyl (C=O) groups excluding carboxylic acids is 1. The number of para-hydroxylation sites is 2. The monoisotopic (exact) mass is 410 g/mol. The Morgan fingerprint density at radius 1 is 0.548 bits per heavy atom. The molecule has 0 aliphatic heterocycles. The van der Waals surface area contributed by atoms with E-state index in [2.05, 4.69) is 0 Å². The van der Waals surface area contributed by atoms with Gasteiger partial charge in [-0.05, 0) is 47.5 Å². The van der Waals surface area contributed by atoms with E-state index in [0.717, 1.165) is 16.9 Å². The standard InChI is InChI=1S/C27H22O4/c28-27(31-24-17-15-22(16-18-24)21-9-3-1-4-10-21)25-13-7-8-14-26(25)30-20-19-29-23-11-5-2-6-12-23/h1-18H,19-20H2. The Morgan fingerprint density at radius 2 is 1.13 bits per heavy atom. The molecule has 0 spiro atoms. The molecular formula is C27H22O4. The number of esters is 1. The van der Waals surface area contributed by atoms with Crippen LogP contribution >= 0.6 is 0 Å². The topological polar surface area (TPSA) is 44.8 Å². The van der Waals surface area contributed by atoms with E-state index in [1.54, 1.807) is 30.3 Å². The van der Waals surface area contributed by atoms with E-state index in [9.17, 15) is 4.79 Å². The second kappa shape index (κ2) is 10.1. The summed E-state index contributed by atoms with van der Waals surface area (Å²) in [4.78, 5) is 12.7. The summed E-state index contributed by atoms with van der Waals surface area (Å²) >= 11 is 0. The van der Waals surface area contributed by atoms with Gasteiger partial charge in [-0.15, -0.1) is 0 Å². The average Bonchev–Trinajstić information content (AvgIpc) is 2.84. The number of hydrogen-bond acceptors (Lipinski definition) is 4. The fourth-order valence-corrected chi connectivity index (χ4v) is 3.10. The van der Waals surface area contributed by atoms with Gasteiger partial charge in [0.2, 0.25) is 0 Å². The van der Waals surface area contributed by atoms with Crippen molar-refractivity contribution in [3.63, 3.8) is 0 Å². The largest absolute Gasteiger partial charge is 0.490 e. The molecule has 0 aliphatic rings. The molecule has 0 heterocycles. The van der Waals surface area contributed by atoms with Gasteiger partial charge in [0.15, 0.2) is 0 Å². The first kappa shape index (κ1) is 20.2. The highest BCUT2D eigenvalue weighted by molar-refractivity contribution is 5.94. The van der Waals surface area contributed by atoms with Gasteiger partial charge < -0.3 is 14.2 Å². The predicted molar refractivity (Wildman–Crippen MR) is 121 cm³/mol. The minimum Gasteiger partial charge on any atom is -0.490 e. The summed E-state index contributed by atoms with van der Waals surface area (Å²) < 4.78 is 17.0. The van der Waals surface area contributed by atoms with Gasteiger partial charge in [0, 0.05) is 0 Å². The highest BCUT2D eigenvalue weighted by atomic mass is 16.5. The molecule has 0 saturated carbocycles. The summed E-state index contributed by atoms with van der Waals surface area (Å²) in [7, 11) is 0. The fraction of sp³-hybridized carbons (Fsp3) is 0.0741.